The van der Waals surface area contributed by atoms with Crippen molar-refractivity contribution in [1.29, 1.82) is 0 Å². The first-order valence-electron chi connectivity index (χ1n) is 2.84. The Hall–Kier alpha value is -1.32. The predicted octanol–water partition coefficient (Wildman–Crippen LogP) is 0.806. The molecule has 1 heterocycles. The topological polar surface area (TPSA) is 44.1 Å². The van der Waals surface area contributed by atoms with Gasteiger partial charge in [-0.3, -0.25) is 0 Å². The van der Waals surface area contributed by atoms with E-state index >= 15 is 0 Å². The Kier molecular flexibility index (Phi) is 1.71. The Morgan fingerprint density at radius 2 is 2.50 bits per heavy atom. The number of carbonyl (C=O) groups excluding carboxylic acids is 1. The molecule has 0 aliphatic heterocycles. The summed E-state index contributed by atoms with van der Waals surface area (Å²) in [6.07, 6.45) is 1.09. The van der Waals surface area contributed by atoms with Crippen molar-refractivity contribution in [2.45, 2.75) is 6.92 Å². The van der Waals surface area contributed by atoms with Crippen molar-refractivity contribution in [2.75, 3.05) is 7.11 Å². The maximum atomic E-state index is 10.8. The quantitative estimate of drug-likeness (QED) is 0.535. The smallest absolute Gasteiger partial charge is 0.434 e. The average Bonchev–Trinajstić information content (AvgIpc) is 2.34. The molecule has 1 rings (SSSR count). The van der Waals surface area contributed by atoms with Crippen molar-refractivity contribution in [3.8, 4) is 0 Å². The highest BCUT2D eigenvalue weighted by Gasteiger charge is 2.05. The largest absolute Gasteiger partial charge is 0.451 e. The fourth-order valence-electron chi connectivity index (χ4n) is 0.647. The van der Waals surface area contributed by atoms with E-state index in [-0.39, 0.29) is 0 Å². The van der Waals surface area contributed by atoms with Gasteiger partial charge in [0, 0.05) is 11.9 Å². The van der Waals surface area contributed by atoms with Crippen molar-refractivity contribution in [3.05, 3.63) is 18.0 Å². The highest BCUT2D eigenvalue weighted by atomic mass is 16.5. The minimum absolute atomic E-state index is 0.456. The van der Waals surface area contributed by atoms with Gasteiger partial charge in [0.05, 0.1) is 7.11 Å². The molecule has 1 aromatic rings. The number of hydrogen-bond acceptors (Lipinski definition) is 3. The molecule has 0 aromatic carbocycles. The summed E-state index contributed by atoms with van der Waals surface area (Å²) in [5, 5.41) is 3.73. The van der Waals surface area contributed by atoms with Gasteiger partial charge in [0.15, 0.2) is 0 Å². The van der Waals surface area contributed by atoms with Gasteiger partial charge in [0.1, 0.15) is 0 Å². The zero-order valence-electron chi connectivity index (χ0n) is 5.87. The maximum absolute atomic E-state index is 10.8. The summed E-state index contributed by atoms with van der Waals surface area (Å²) in [7, 11) is 1.32. The summed E-state index contributed by atoms with van der Waals surface area (Å²) in [5.74, 6) is 0. The second-order valence-corrected chi connectivity index (χ2v) is 1.85. The van der Waals surface area contributed by atoms with E-state index in [1.807, 2.05) is 0 Å². The Morgan fingerprint density at radius 1 is 1.80 bits per heavy atom. The molecular formula is C6H8N2O2. The average molecular weight is 140 g/mol. The third-order valence-corrected chi connectivity index (χ3v) is 1.18. The molecule has 0 amide bonds. The Bertz CT molecular complexity index is 242. The SMILES string of the molecule is COC(=O)n1nccc1C. The van der Waals surface area contributed by atoms with Crippen LogP contribution < -0.4 is 0 Å². The molecule has 0 fully saturated rings. The molecule has 54 valence electrons. The van der Waals surface area contributed by atoms with Gasteiger partial charge in [0.25, 0.3) is 0 Å². The second-order valence-electron chi connectivity index (χ2n) is 1.85. The van der Waals surface area contributed by atoms with E-state index in [0.717, 1.165) is 5.69 Å². The predicted molar refractivity (Wildman–Crippen MR) is 34.8 cm³/mol. The molecule has 0 bridgehead atoms. The Balaban J connectivity index is 2.93. The number of aryl methyl sites for hydroxylation is 1. The minimum atomic E-state index is -0.456. The first-order valence-corrected chi connectivity index (χ1v) is 2.84. The van der Waals surface area contributed by atoms with Gasteiger partial charge >= 0.3 is 6.09 Å². The molecule has 0 N–H and O–H groups in total. The van der Waals surface area contributed by atoms with Gasteiger partial charge in [-0.25, -0.2) is 4.79 Å². The van der Waals surface area contributed by atoms with Crippen LogP contribution >= 0.6 is 0 Å². The van der Waals surface area contributed by atoms with E-state index in [4.69, 9.17) is 0 Å². The summed E-state index contributed by atoms with van der Waals surface area (Å²) in [6.45, 7) is 1.78. The number of aromatic nitrogens is 2. The van der Waals surface area contributed by atoms with Crippen LogP contribution in [-0.4, -0.2) is 23.0 Å². The lowest BCUT2D eigenvalue weighted by Gasteiger charge is -1.98. The molecule has 4 nitrogen and oxygen atoms in total. The summed E-state index contributed by atoms with van der Waals surface area (Å²) >= 11 is 0. The normalized spacial score (nSPS) is 9.40. The van der Waals surface area contributed by atoms with E-state index in [2.05, 4.69) is 9.84 Å². The molecule has 0 saturated heterocycles. The summed E-state index contributed by atoms with van der Waals surface area (Å²) in [4.78, 5) is 10.8. The number of rotatable bonds is 0. The minimum Gasteiger partial charge on any atom is -0.451 e. The van der Waals surface area contributed by atoms with Crippen molar-refractivity contribution < 1.29 is 9.53 Å². The van der Waals surface area contributed by atoms with Gasteiger partial charge < -0.3 is 4.74 Å². The second kappa shape index (κ2) is 2.51. The van der Waals surface area contributed by atoms with Crippen LogP contribution in [0.25, 0.3) is 0 Å². The van der Waals surface area contributed by atoms with E-state index in [1.54, 1.807) is 19.2 Å². The van der Waals surface area contributed by atoms with Crippen molar-refractivity contribution >= 4 is 6.09 Å². The first-order chi connectivity index (χ1) is 4.75. The van der Waals surface area contributed by atoms with Crippen LogP contribution in [0.2, 0.25) is 0 Å². The number of hydrogen-bond donors (Lipinski definition) is 0. The fourth-order valence-corrected chi connectivity index (χ4v) is 0.647. The lowest BCUT2D eigenvalue weighted by molar-refractivity contribution is 0.168. The molecule has 0 atom stereocenters. The van der Waals surface area contributed by atoms with Crippen molar-refractivity contribution in [2.24, 2.45) is 0 Å². The van der Waals surface area contributed by atoms with Gasteiger partial charge in [-0.05, 0) is 13.0 Å². The third-order valence-electron chi connectivity index (χ3n) is 1.18. The third kappa shape index (κ3) is 1.00. The van der Waals surface area contributed by atoms with Crippen LogP contribution in [0.3, 0.4) is 0 Å². The molecule has 0 aliphatic rings. The van der Waals surface area contributed by atoms with Gasteiger partial charge in [-0.1, -0.05) is 0 Å². The molecule has 1 aromatic heterocycles. The van der Waals surface area contributed by atoms with Crippen LogP contribution in [0.15, 0.2) is 12.3 Å². The molecule has 0 radical (unpaired) electrons. The van der Waals surface area contributed by atoms with Gasteiger partial charge in [-0.2, -0.15) is 9.78 Å². The van der Waals surface area contributed by atoms with E-state index < -0.39 is 6.09 Å². The maximum Gasteiger partial charge on any atom is 0.434 e. The number of methoxy groups -OCH3 is 1. The lowest BCUT2D eigenvalue weighted by Crippen LogP contribution is -2.13. The van der Waals surface area contributed by atoms with Crippen LogP contribution in [0, 0.1) is 6.92 Å². The first kappa shape index (κ1) is 6.80. The number of nitrogens with zero attached hydrogens (tertiary/aromatic N) is 2. The Morgan fingerprint density at radius 3 is 2.90 bits per heavy atom. The molecule has 0 unspecified atom stereocenters. The van der Waals surface area contributed by atoms with Crippen LogP contribution in [0.4, 0.5) is 4.79 Å². The molecule has 4 heteroatoms. The summed E-state index contributed by atoms with van der Waals surface area (Å²) in [5.41, 5.74) is 0.770. The Labute approximate surface area is 58.4 Å². The molecule has 0 aliphatic carbocycles. The van der Waals surface area contributed by atoms with Crippen LogP contribution in [-0.2, 0) is 4.74 Å². The molecular weight excluding hydrogens is 132 g/mol. The van der Waals surface area contributed by atoms with E-state index in [0.29, 0.717) is 0 Å². The standard InChI is InChI=1S/C6H8N2O2/c1-5-3-4-7-8(5)6(9)10-2/h3-4H,1-2H3. The van der Waals surface area contributed by atoms with E-state index in [1.165, 1.54) is 11.8 Å². The highest BCUT2D eigenvalue weighted by Crippen LogP contribution is 1.95. The van der Waals surface area contributed by atoms with Gasteiger partial charge in [-0.15, -0.1) is 0 Å². The van der Waals surface area contributed by atoms with Gasteiger partial charge in [0.2, 0.25) is 0 Å². The zero-order chi connectivity index (χ0) is 7.56. The van der Waals surface area contributed by atoms with Crippen LogP contribution in [0.1, 0.15) is 5.69 Å². The lowest BCUT2D eigenvalue weighted by atomic mass is 10.5. The highest BCUT2D eigenvalue weighted by molar-refractivity contribution is 5.69. The van der Waals surface area contributed by atoms with E-state index in [9.17, 15) is 4.79 Å². The molecule has 0 spiro atoms. The van der Waals surface area contributed by atoms with Crippen molar-refractivity contribution in [1.82, 2.24) is 9.78 Å². The monoisotopic (exact) mass is 140 g/mol. The summed E-state index contributed by atoms with van der Waals surface area (Å²) in [6, 6.07) is 1.73. The van der Waals surface area contributed by atoms with Crippen molar-refractivity contribution in [3.63, 3.8) is 0 Å². The number of ether oxygens (including phenoxy) is 1. The molecule has 10 heavy (non-hydrogen) atoms. The van der Waals surface area contributed by atoms with Crippen LogP contribution in [0.5, 0.6) is 0 Å². The number of carbonyl (C=O) groups is 1. The fraction of sp³-hybridized carbons (Fsp3) is 0.333. The zero-order valence-corrected chi connectivity index (χ0v) is 5.87. The molecule has 0 saturated carbocycles. The summed E-state index contributed by atoms with van der Waals surface area (Å²) < 4.78 is 5.63.